The lowest BCUT2D eigenvalue weighted by Gasteiger charge is -2.09. The Kier molecular flexibility index (Phi) is 4.44. The summed E-state index contributed by atoms with van der Waals surface area (Å²) in [4.78, 5) is 16.0. The Morgan fingerprint density at radius 1 is 1.32 bits per heavy atom. The van der Waals surface area contributed by atoms with Gasteiger partial charge in [-0.25, -0.2) is 9.37 Å². The normalized spacial score (nSPS) is 10.2. The predicted molar refractivity (Wildman–Crippen MR) is 88.6 cm³/mol. The van der Waals surface area contributed by atoms with Gasteiger partial charge < -0.3 is 15.5 Å². The third-order valence-electron chi connectivity index (χ3n) is 3.62. The summed E-state index contributed by atoms with van der Waals surface area (Å²) in [6, 6.07) is 11.2. The van der Waals surface area contributed by atoms with Gasteiger partial charge in [-0.2, -0.15) is 5.26 Å². The molecule has 25 heavy (non-hydrogen) atoms. The maximum atomic E-state index is 14.3. The van der Waals surface area contributed by atoms with Crippen molar-refractivity contribution in [3.63, 3.8) is 0 Å². The molecule has 0 saturated heterocycles. The van der Waals surface area contributed by atoms with E-state index in [-0.39, 0.29) is 17.8 Å². The van der Waals surface area contributed by atoms with Gasteiger partial charge in [0.1, 0.15) is 5.82 Å². The average molecular weight is 336 g/mol. The number of halogens is 1. The van der Waals surface area contributed by atoms with Crippen molar-refractivity contribution < 1.29 is 13.6 Å². The molecule has 0 aliphatic carbocycles. The van der Waals surface area contributed by atoms with Crippen LogP contribution in [0.15, 0.2) is 53.4 Å². The molecule has 0 atom stereocenters. The number of nitriles is 1. The molecule has 2 aromatic carbocycles. The Morgan fingerprint density at radius 2 is 2.08 bits per heavy atom. The number of benzene rings is 2. The monoisotopic (exact) mass is 336 g/mol. The van der Waals surface area contributed by atoms with Crippen molar-refractivity contribution in [3.05, 3.63) is 71.5 Å². The number of nitrogen functional groups attached to an aromatic ring is 1. The number of hydrogen-bond acceptors (Lipinski definition) is 5. The molecule has 0 fully saturated rings. The molecule has 0 radical (unpaired) electrons. The van der Waals surface area contributed by atoms with Crippen LogP contribution in [0.25, 0.3) is 11.3 Å². The van der Waals surface area contributed by atoms with E-state index in [2.05, 4.69) is 10.3 Å². The van der Waals surface area contributed by atoms with Crippen LogP contribution in [0.2, 0.25) is 0 Å². The molecule has 1 amide bonds. The lowest BCUT2D eigenvalue weighted by molar-refractivity contribution is 0.0947. The van der Waals surface area contributed by atoms with Crippen LogP contribution in [-0.4, -0.2) is 10.9 Å². The molecule has 6 nitrogen and oxygen atoms in total. The number of rotatable bonds is 4. The summed E-state index contributed by atoms with van der Waals surface area (Å²) in [5, 5.41) is 11.4. The van der Waals surface area contributed by atoms with E-state index < -0.39 is 11.7 Å². The minimum absolute atomic E-state index is 0.158. The molecule has 3 aromatic rings. The van der Waals surface area contributed by atoms with Gasteiger partial charge in [0.25, 0.3) is 5.91 Å². The van der Waals surface area contributed by atoms with Crippen LogP contribution in [0, 0.1) is 17.1 Å². The number of carbonyl (C=O) groups is 1. The van der Waals surface area contributed by atoms with Crippen LogP contribution in [0.3, 0.4) is 0 Å². The van der Waals surface area contributed by atoms with Crippen LogP contribution in [0.1, 0.15) is 21.5 Å². The number of nitrogens with zero attached hydrogens (tertiary/aromatic N) is 2. The van der Waals surface area contributed by atoms with Gasteiger partial charge in [0.05, 0.1) is 23.4 Å². The van der Waals surface area contributed by atoms with Crippen molar-refractivity contribution in [2.75, 3.05) is 5.73 Å². The first-order valence-corrected chi connectivity index (χ1v) is 7.33. The van der Waals surface area contributed by atoms with E-state index >= 15 is 0 Å². The lowest BCUT2D eigenvalue weighted by atomic mass is 10.1. The summed E-state index contributed by atoms with van der Waals surface area (Å²) in [5.74, 6) is -0.975. The van der Waals surface area contributed by atoms with Gasteiger partial charge in [0.2, 0.25) is 0 Å². The summed E-state index contributed by atoms with van der Waals surface area (Å²) in [6.07, 6.45) is 2.63. The van der Waals surface area contributed by atoms with Crippen LogP contribution < -0.4 is 11.1 Å². The van der Waals surface area contributed by atoms with Gasteiger partial charge in [-0.3, -0.25) is 4.79 Å². The third-order valence-corrected chi connectivity index (χ3v) is 3.62. The smallest absolute Gasteiger partial charge is 0.254 e. The second-order valence-electron chi connectivity index (χ2n) is 5.28. The summed E-state index contributed by atoms with van der Waals surface area (Å²) in [5.41, 5.74) is 7.59. The van der Waals surface area contributed by atoms with E-state index in [1.54, 1.807) is 24.3 Å². The highest BCUT2D eigenvalue weighted by atomic mass is 19.1. The summed E-state index contributed by atoms with van der Waals surface area (Å²) in [7, 11) is 0. The van der Waals surface area contributed by atoms with E-state index in [4.69, 9.17) is 15.4 Å². The molecule has 3 rings (SSSR count). The number of amides is 1. The topological polar surface area (TPSA) is 105 Å². The van der Waals surface area contributed by atoms with Crippen LogP contribution >= 0.6 is 0 Å². The largest absolute Gasteiger partial charge is 0.443 e. The number of nitrogens with one attached hydrogen (secondary N) is 1. The second-order valence-corrected chi connectivity index (χ2v) is 5.28. The fourth-order valence-electron chi connectivity index (χ4n) is 2.30. The van der Waals surface area contributed by atoms with E-state index in [9.17, 15) is 9.18 Å². The van der Waals surface area contributed by atoms with Gasteiger partial charge >= 0.3 is 0 Å². The zero-order valence-electron chi connectivity index (χ0n) is 13.0. The van der Waals surface area contributed by atoms with Crippen molar-refractivity contribution in [2.45, 2.75) is 6.54 Å². The quantitative estimate of drug-likeness (QED) is 0.713. The molecule has 0 unspecified atom stereocenters. The van der Waals surface area contributed by atoms with E-state index in [0.717, 1.165) is 11.6 Å². The Morgan fingerprint density at radius 3 is 2.72 bits per heavy atom. The maximum absolute atomic E-state index is 14.3. The minimum atomic E-state index is -0.710. The SMILES string of the molecule is N#Cc1ccc(CNC(=O)c2cc(N)c(-c3cnco3)cc2F)cc1. The van der Waals surface area contributed by atoms with Gasteiger partial charge in [0.15, 0.2) is 12.2 Å². The summed E-state index contributed by atoms with van der Waals surface area (Å²) < 4.78 is 19.4. The first-order valence-electron chi connectivity index (χ1n) is 7.33. The van der Waals surface area contributed by atoms with E-state index in [1.165, 1.54) is 18.7 Å². The number of aromatic nitrogens is 1. The molecular formula is C18H13FN4O2. The molecule has 0 spiro atoms. The molecule has 0 bridgehead atoms. The fourth-order valence-corrected chi connectivity index (χ4v) is 2.30. The van der Waals surface area contributed by atoms with Crippen molar-refractivity contribution in [2.24, 2.45) is 0 Å². The average Bonchev–Trinajstić information content (AvgIpc) is 3.16. The van der Waals surface area contributed by atoms with Crippen molar-refractivity contribution in [1.29, 1.82) is 5.26 Å². The highest BCUT2D eigenvalue weighted by molar-refractivity contribution is 5.96. The molecule has 0 aliphatic rings. The molecule has 7 heteroatoms. The molecule has 124 valence electrons. The molecule has 3 N–H and O–H groups in total. The molecular weight excluding hydrogens is 323 g/mol. The number of anilines is 1. The van der Waals surface area contributed by atoms with Crippen LogP contribution in [0.5, 0.6) is 0 Å². The molecule has 1 aromatic heterocycles. The minimum Gasteiger partial charge on any atom is -0.443 e. The molecule has 0 aliphatic heterocycles. The van der Waals surface area contributed by atoms with Gasteiger partial charge in [0, 0.05) is 17.8 Å². The predicted octanol–water partition coefficient (Wildman–Crippen LogP) is 2.86. The Balaban J connectivity index is 1.75. The molecule has 1 heterocycles. The van der Waals surface area contributed by atoms with Crippen molar-refractivity contribution in [1.82, 2.24) is 10.3 Å². The Labute approximate surface area is 142 Å². The third kappa shape index (κ3) is 3.48. The van der Waals surface area contributed by atoms with Gasteiger partial charge in [-0.15, -0.1) is 0 Å². The summed E-state index contributed by atoms with van der Waals surface area (Å²) >= 11 is 0. The van der Waals surface area contributed by atoms with E-state index in [1.807, 2.05) is 6.07 Å². The van der Waals surface area contributed by atoms with Crippen molar-refractivity contribution >= 4 is 11.6 Å². The van der Waals surface area contributed by atoms with Gasteiger partial charge in [-0.1, -0.05) is 12.1 Å². The highest BCUT2D eigenvalue weighted by Gasteiger charge is 2.17. The fraction of sp³-hybridized carbons (Fsp3) is 0.0556. The lowest BCUT2D eigenvalue weighted by Crippen LogP contribution is -2.24. The van der Waals surface area contributed by atoms with E-state index in [0.29, 0.717) is 16.9 Å². The van der Waals surface area contributed by atoms with Crippen molar-refractivity contribution in [3.8, 4) is 17.4 Å². The van der Waals surface area contributed by atoms with Crippen LogP contribution in [0.4, 0.5) is 10.1 Å². The van der Waals surface area contributed by atoms with Gasteiger partial charge in [-0.05, 0) is 29.8 Å². The first kappa shape index (κ1) is 16.2. The first-order chi connectivity index (χ1) is 12.1. The summed E-state index contributed by atoms with van der Waals surface area (Å²) in [6.45, 7) is 0.202. The standard InChI is InChI=1S/C18H13FN4O2/c19-15-5-14(17-9-22-10-25-17)16(21)6-13(15)18(24)23-8-12-3-1-11(7-20)2-4-12/h1-6,9-10H,8,21H2,(H,23,24). The highest BCUT2D eigenvalue weighted by Crippen LogP contribution is 2.28. The zero-order valence-corrected chi connectivity index (χ0v) is 13.0. The van der Waals surface area contributed by atoms with Crippen LogP contribution in [-0.2, 0) is 6.54 Å². The number of carbonyl (C=O) groups excluding carboxylic acids is 1. The number of hydrogen-bond donors (Lipinski definition) is 2. The second kappa shape index (κ2) is 6.84. The maximum Gasteiger partial charge on any atom is 0.254 e. The Bertz CT molecular complexity index is 944. The Hall–Kier alpha value is -3.66. The number of oxazole rings is 1. The number of nitrogens with two attached hydrogens (primary N) is 1. The zero-order chi connectivity index (χ0) is 17.8. The molecule has 0 saturated carbocycles.